The highest BCUT2D eigenvalue weighted by molar-refractivity contribution is 7.90. The Kier molecular flexibility index (Phi) is 9.20. The molecule has 48 heavy (non-hydrogen) atoms. The first-order chi connectivity index (χ1) is 22.6. The predicted octanol–water partition coefficient (Wildman–Crippen LogP) is 5.74. The molecule has 5 rings (SSSR count). The first kappa shape index (κ1) is 34.3. The molecule has 3 aromatic heterocycles. The topological polar surface area (TPSA) is 127 Å². The average Bonchev–Trinajstić information content (AvgIpc) is 3.00. The van der Waals surface area contributed by atoms with E-state index in [0.29, 0.717) is 11.3 Å². The van der Waals surface area contributed by atoms with Crippen LogP contribution in [-0.4, -0.2) is 64.3 Å². The second kappa shape index (κ2) is 12.9. The summed E-state index contributed by atoms with van der Waals surface area (Å²) < 4.78 is 73.4. The quantitative estimate of drug-likeness (QED) is 0.195. The SMILES string of the molecule is [C-]#[N+]C[C@H]1CC(c2c(S(C)(=O)=O)c(=O)n(-c3c(C)ccnc3C(C)C)c3nc(-c4c(O)cccc4F)c(F)cc23)CCN1C(=O)C(=C)F. The van der Waals surface area contributed by atoms with Gasteiger partial charge in [-0.25, -0.2) is 33.1 Å². The zero-order valence-electron chi connectivity index (χ0n) is 26.6. The number of sulfone groups is 1. The summed E-state index contributed by atoms with van der Waals surface area (Å²) in [5.74, 6) is -6.07. The van der Waals surface area contributed by atoms with Crippen molar-refractivity contribution in [1.29, 1.82) is 0 Å². The van der Waals surface area contributed by atoms with E-state index in [-0.39, 0.29) is 54.1 Å². The number of rotatable bonds is 7. The lowest BCUT2D eigenvalue weighted by molar-refractivity contribution is -0.132. The molecular formula is C34H32F3N5O5S. The van der Waals surface area contributed by atoms with Gasteiger partial charge in [0.1, 0.15) is 33.8 Å². The average molecular weight is 680 g/mol. The summed E-state index contributed by atoms with van der Waals surface area (Å²) in [7, 11) is -4.36. The van der Waals surface area contributed by atoms with Crippen LogP contribution in [-0.2, 0) is 14.6 Å². The van der Waals surface area contributed by atoms with Crippen LogP contribution in [0.25, 0.3) is 32.8 Å². The number of hydrogen-bond acceptors (Lipinski definition) is 7. The van der Waals surface area contributed by atoms with Gasteiger partial charge in [0.05, 0.1) is 16.9 Å². The summed E-state index contributed by atoms with van der Waals surface area (Å²) in [4.78, 5) is 40.0. The minimum Gasteiger partial charge on any atom is -0.507 e. The number of carbonyl (C=O) groups excluding carboxylic acids is 1. The number of nitrogens with zero attached hydrogens (tertiary/aromatic N) is 5. The van der Waals surface area contributed by atoms with Gasteiger partial charge in [-0.1, -0.05) is 26.5 Å². The Hall–Kier alpha value is -5.03. The van der Waals surface area contributed by atoms with Crippen molar-refractivity contribution >= 4 is 26.8 Å². The number of aromatic hydroxyl groups is 1. The number of carbonyl (C=O) groups is 1. The van der Waals surface area contributed by atoms with E-state index in [9.17, 15) is 27.5 Å². The molecule has 2 atom stereocenters. The number of phenolic OH excluding ortho intramolecular Hbond substituents is 1. The fourth-order valence-corrected chi connectivity index (χ4v) is 7.56. The molecule has 1 aliphatic heterocycles. The van der Waals surface area contributed by atoms with Crippen LogP contribution in [0.3, 0.4) is 0 Å². The van der Waals surface area contributed by atoms with Gasteiger partial charge in [-0.3, -0.25) is 19.1 Å². The molecule has 1 amide bonds. The predicted molar refractivity (Wildman–Crippen MR) is 173 cm³/mol. The third kappa shape index (κ3) is 5.94. The Morgan fingerprint density at radius 2 is 1.94 bits per heavy atom. The number of amides is 1. The minimum absolute atomic E-state index is 0.0230. The summed E-state index contributed by atoms with van der Waals surface area (Å²) >= 11 is 0. The number of benzene rings is 1. The van der Waals surface area contributed by atoms with Crippen molar-refractivity contribution in [1.82, 2.24) is 19.4 Å². The van der Waals surface area contributed by atoms with Crippen LogP contribution in [0, 0.1) is 25.1 Å². The molecule has 0 bridgehead atoms. The largest absolute Gasteiger partial charge is 0.507 e. The van der Waals surface area contributed by atoms with Crippen LogP contribution in [0.4, 0.5) is 13.2 Å². The van der Waals surface area contributed by atoms with Crippen LogP contribution >= 0.6 is 0 Å². The third-order valence-electron chi connectivity index (χ3n) is 8.54. The van der Waals surface area contributed by atoms with Crippen molar-refractivity contribution in [2.45, 2.75) is 56.4 Å². The molecule has 1 N–H and O–H groups in total. The zero-order valence-corrected chi connectivity index (χ0v) is 27.4. The molecule has 14 heteroatoms. The van der Waals surface area contributed by atoms with Crippen LogP contribution in [0.1, 0.15) is 55.3 Å². The van der Waals surface area contributed by atoms with Gasteiger partial charge >= 0.3 is 0 Å². The zero-order chi connectivity index (χ0) is 35.2. The molecule has 250 valence electrons. The molecule has 1 aromatic carbocycles. The number of fused-ring (bicyclic) bond motifs is 1. The highest BCUT2D eigenvalue weighted by Gasteiger charge is 2.39. The van der Waals surface area contributed by atoms with E-state index in [1.54, 1.807) is 13.0 Å². The maximum absolute atomic E-state index is 16.2. The molecule has 1 aliphatic rings. The smallest absolute Gasteiger partial charge is 0.282 e. The normalized spacial score (nSPS) is 16.7. The summed E-state index contributed by atoms with van der Waals surface area (Å²) in [6.45, 7) is 15.4. The molecule has 1 fully saturated rings. The summed E-state index contributed by atoms with van der Waals surface area (Å²) in [6, 6.07) is 5.06. The van der Waals surface area contributed by atoms with Crippen molar-refractivity contribution in [3.05, 3.63) is 99.2 Å². The number of hydrogen-bond donors (Lipinski definition) is 1. The van der Waals surface area contributed by atoms with E-state index < -0.39 is 72.6 Å². The van der Waals surface area contributed by atoms with E-state index in [1.165, 1.54) is 12.3 Å². The lowest BCUT2D eigenvalue weighted by Gasteiger charge is -2.37. The van der Waals surface area contributed by atoms with E-state index in [2.05, 4.69) is 21.4 Å². The number of likely N-dealkylation sites (tertiary alicyclic amines) is 1. The number of phenols is 1. The van der Waals surface area contributed by atoms with Gasteiger partial charge in [-0.05, 0) is 67.0 Å². The molecule has 0 aliphatic carbocycles. The third-order valence-corrected chi connectivity index (χ3v) is 9.68. The Balaban J connectivity index is 1.95. The van der Waals surface area contributed by atoms with Crippen molar-refractivity contribution in [2.24, 2.45) is 0 Å². The summed E-state index contributed by atoms with van der Waals surface area (Å²) in [5.41, 5.74) is -1.39. The van der Waals surface area contributed by atoms with Crippen molar-refractivity contribution < 1.29 is 31.5 Å². The Morgan fingerprint density at radius 1 is 1.23 bits per heavy atom. The summed E-state index contributed by atoms with van der Waals surface area (Å²) in [5, 5.41) is 10.5. The van der Waals surface area contributed by atoms with E-state index >= 15 is 8.78 Å². The number of pyridine rings is 3. The molecule has 4 aromatic rings. The number of aryl methyl sites for hydroxylation is 1. The van der Waals surface area contributed by atoms with Crippen LogP contribution in [0.5, 0.6) is 5.75 Å². The Bertz CT molecular complexity index is 2190. The molecule has 0 radical (unpaired) electrons. The van der Waals surface area contributed by atoms with Crippen molar-refractivity contribution in [3.8, 4) is 22.7 Å². The first-order valence-corrected chi connectivity index (χ1v) is 16.9. The molecule has 1 saturated heterocycles. The Labute approximate surface area is 274 Å². The van der Waals surface area contributed by atoms with Crippen molar-refractivity contribution in [3.63, 3.8) is 0 Å². The van der Waals surface area contributed by atoms with Gasteiger partial charge in [0.15, 0.2) is 21.5 Å². The fourth-order valence-electron chi connectivity index (χ4n) is 6.48. The highest BCUT2D eigenvalue weighted by atomic mass is 32.2. The molecule has 0 spiro atoms. The second-order valence-corrected chi connectivity index (χ2v) is 14.1. The Morgan fingerprint density at radius 3 is 2.54 bits per heavy atom. The fraction of sp³-hybridized carbons (Fsp3) is 0.324. The molecular weight excluding hydrogens is 647 g/mol. The van der Waals surface area contributed by atoms with Gasteiger partial charge in [0.2, 0.25) is 6.54 Å². The molecule has 4 heterocycles. The lowest BCUT2D eigenvalue weighted by atomic mass is 9.83. The van der Waals surface area contributed by atoms with E-state index in [1.807, 2.05) is 13.8 Å². The van der Waals surface area contributed by atoms with Crippen LogP contribution < -0.4 is 5.56 Å². The van der Waals surface area contributed by atoms with Gasteiger partial charge in [-0.2, -0.15) is 0 Å². The van der Waals surface area contributed by atoms with Gasteiger partial charge in [0.25, 0.3) is 11.5 Å². The van der Waals surface area contributed by atoms with Gasteiger partial charge in [-0.15, -0.1) is 0 Å². The number of piperidine rings is 1. The molecule has 10 nitrogen and oxygen atoms in total. The summed E-state index contributed by atoms with van der Waals surface area (Å²) in [6.07, 6.45) is 2.33. The van der Waals surface area contributed by atoms with Crippen LogP contribution in [0.2, 0.25) is 0 Å². The van der Waals surface area contributed by atoms with Gasteiger partial charge < -0.3 is 14.9 Å². The van der Waals surface area contributed by atoms with Crippen molar-refractivity contribution in [2.75, 3.05) is 19.3 Å². The maximum Gasteiger partial charge on any atom is 0.282 e. The molecule has 0 saturated carbocycles. The van der Waals surface area contributed by atoms with Crippen LogP contribution in [0.15, 0.2) is 58.6 Å². The highest BCUT2D eigenvalue weighted by Crippen LogP contribution is 2.42. The minimum atomic E-state index is -4.36. The van der Waals surface area contributed by atoms with Gasteiger partial charge in [0, 0.05) is 24.4 Å². The first-order valence-electron chi connectivity index (χ1n) is 15.0. The standard InChI is InChI=1S/C34H32F3N5O5S/c1-17(2)28-30(18(3)10-12-39-28)42-32-22(15-24(37)29(40-32)27-23(36)8-7-9-25(27)43)26(31(34(42)45)48(6,46)47)20-11-13-41(33(44)19(4)35)21(14-20)16-38-5/h7-10,12,15,17,20-21,43H,4,11,13-14,16H2,1-3,6H3/t20?,21-/m1/s1. The second-order valence-electron chi connectivity index (χ2n) is 12.1. The van der Waals surface area contributed by atoms with E-state index in [0.717, 1.165) is 33.9 Å². The number of aromatic nitrogens is 3. The monoisotopic (exact) mass is 679 g/mol. The maximum atomic E-state index is 16.2. The number of halogens is 3. The lowest BCUT2D eigenvalue weighted by Crippen LogP contribution is -2.47. The molecule has 1 unspecified atom stereocenters. The van der Waals surface area contributed by atoms with E-state index in [4.69, 9.17) is 6.57 Å².